The predicted octanol–water partition coefficient (Wildman–Crippen LogP) is 5.15. The van der Waals surface area contributed by atoms with E-state index in [1.165, 1.54) is 0 Å². The van der Waals surface area contributed by atoms with Crippen LogP contribution in [0.5, 0.6) is 5.75 Å². The van der Waals surface area contributed by atoms with Gasteiger partial charge in [0.2, 0.25) is 0 Å². The van der Waals surface area contributed by atoms with Crippen LogP contribution in [0.4, 0.5) is 16.2 Å². The molecule has 0 saturated carbocycles. The van der Waals surface area contributed by atoms with E-state index in [1.807, 2.05) is 31.2 Å². The number of carboxylic acid groups (broad SMARTS) is 1. The van der Waals surface area contributed by atoms with Crippen LogP contribution in [0, 0.1) is 12.8 Å². The molecule has 0 unspecified atom stereocenters. The summed E-state index contributed by atoms with van der Waals surface area (Å²) in [5, 5.41) is 17.4. The van der Waals surface area contributed by atoms with Crippen LogP contribution in [0.25, 0.3) is 11.1 Å². The number of aliphatic carboxylic acids is 1. The number of anilines is 2. The summed E-state index contributed by atoms with van der Waals surface area (Å²) in [7, 11) is 1.55. The lowest BCUT2D eigenvalue weighted by Gasteiger charge is -2.18. The highest BCUT2D eigenvalue weighted by atomic mass is 16.5. The maximum atomic E-state index is 12.4. The van der Waals surface area contributed by atoms with Gasteiger partial charge in [0, 0.05) is 11.3 Å². The van der Waals surface area contributed by atoms with E-state index in [9.17, 15) is 19.5 Å². The van der Waals surface area contributed by atoms with Crippen LogP contribution in [0.3, 0.4) is 0 Å². The number of carboxylic acids is 1. The Labute approximate surface area is 204 Å². The Kier molecular flexibility index (Phi) is 8.09. The molecule has 3 rings (SSSR count). The van der Waals surface area contributed by atoms with Crippen molar-refractivity contribution in [3.05, 3.63) is 77.9 Å². The van der Waals surface area contributed by atoms with Gasteiger partial charge in [-0.1, -0.05) is 44.2 Å². The summed E-state index contributed by atoms with van der Waals surface area (Å²) >= 11 is 0. The van der Waals surface area contributed by atoms with Gasteiger partial charge in [0.05, 0.1) is 12.8 Å². The summed E-state index contributed by atoms with van der Waals surface area (Å²) in [6.45, 7) is 5.41. The van der Waals surface area contributed by atoms with Gasteiger partial charge in [-0.25, -0.2) is 9.59 Å². The largest absolute Gasteiger partial charge is 0.495 e. The molecule has 0 fully saturated rings. The van der Waals surface area contributed by atoms with Gasteiger partial charge in [-0.2, -0.15) is 0 Å². The van der Waals surface area contributed by atoms with E-state index >= 15 is 0 Å². The third kappa shape index (κ3) is 6.60. The van der Waals surface area contributed by atoms with Gasteiger partial charge in [-0.05, 0) is 65.9 Å². The Morgan fingerprint density at radius 1 is 0.857 bits per heavy atom. The number of methoxy groups -OCH3 is 1. The van der Waals surface area contributed by atoms with E-state index in [4.69, 9.17) is 4.74 Å². The molecule has 0 aromatic heterocycles. The Balaban J connectivity index is 1.63. The summed E-state index contributed by atoms with van der Waals surface area (Å²) in [5.74, 6) is -1.16. The number of aryl methyl sites for hydroxylation is 1. The zero-order valence-corrected chi connectivity index (χ0v) is 20.1. The first-order chi connectivity index (χ1) is 16.7. The molecule has 0 saturated heterocycles. The molecule has 0 heterocycles. The molecular weight excluding hydrogens is 446 g/mol. The number of ether oxygens (including phenoxy) is 1. The second-order valence-electron chi connectivity index (χ2n) is 8.47. The fourth-order valence-electron chi connectivity index (χ4n) is 3.50. The van der Waals surface area contributed by atoms with Gasteiger partial charge in [0.1, 0.15) is 11.8 Å². The number of carbonyl (C=O) groups excluding carboxylic acids is 2. The monoisotopic (exact) mass is 475 g/mol. The van der Waals surface area contributed by atoms with Crippen LogP contribution in [0.1, 0.15) is 29.8 Å². The average molecular weight is 476 g/mol. The summed E-state index contributed by atoms with van der Waals surface area (Å²) in [5.41, 5.74) is 4.34. The van der Waals surface area contributed by atoms with E-state index < -0.39 is 23.9 Å². The topological polar surface area (TPSA) is 117 Å². The van der Waals surface area contributed by atoms with E-state index in [-0.39, 0.29) is 5.92 Å². The van der Waals surface area contributed by atoms with E-state index in [0.29, 0.717) is 22.7 Å². The van der Waals surface area contributed by atoms with Gasteiger partial charge in [-0.15, -0.1) is 0 Å². The molecule has 3 aromatic carbocycles. The number of nitrogens with one attached hydrogen (secondary N) is 3. The first-order valence-corrected chi connectivity index (χ1v) is 11.1. The maximum Gasteiger partial charge on any atom is 0.326 e. The number of hydrogen-bond donors (Lipinski definition) is 4. The van der Waals surface area contributed by atoms with Crippen molar-refractivity contribution in [1.29, 1.82) is 0 Å². The highest BCUT2D eigenvalue weighted by molar-refractivity contribution is 6.01. The number of benzene rings is 3. The molecular formula is C27H29N3O5. The van der Waals surface area contributed by atoms with Crippen LogP contribution in [-0.2, 0) is 4.79 Å². The fraction of sp³-hybridized carbons (Fsp3) is 0.222. The highest BCUT2D eigenvalue weighted by Gasteiger charge is 2.23. The van der Waals surface area contributed by atoms with Crippen LogP contribution >= 0.6 is 0 Å². The highest BCUT2D eigenvalue weighted by Crippen LogP contribution is 2.26. The summed E-state index contributed by atoms with van der Waals surface area (Å²) in [4.78, 5) is 36.2. The molecule has 8 nitrogen and oxygen atoms in total. The minimum atomic E-state index is -1.06. The van der Waals surface area contributed by atoms with E-state index in [1.54, 1.807) is 63.4 Å². The van der Waals surface area contributed by atoms with Crippen molar-refractivity contribution >= 4 is 29.3 Å². The number of hydrogen-bond acceptors (Lipinski definition) is 4. The molecule has 3 amide bonds. The first kappa shape index (κ1) is 25.3. The molecule has 0 aliphatic rings. The second kappa shape index (κ2) is 11.2. The van der Waals surface area contributed by atoms with Crippen molar-refractivity contribution in [1.82, 2.24) is 5.32 Å². The smallest absolute Gasteiger partial charge is 0.326 e. The van der Waals surface area contributed by atoms with Crippen molar-refractivity contribution < 1.29 is 24.2 Å². The lowest BCUT2D eigenvalue weighted by Crippen LogP contribution is -2.44. The summed E-state index contributed by atoms with van der Waals surface area (Å²) < 4.78 is 5.29. The van der Waals surface area contributed by atoms with Crippen molar-refractivity contribution in [3.63, 3.8) is 0 Å². The van der Waals surface area contributed by atoms with Gasteiger partial charge < -0.3 is 25.8 Å². The fourth-order valence-corrected chi connectivity index (χ4v) is 3.50. The lowest BCUT2D eigenvalue weighted by atomic mass is 10.0. The summed E-state index contributed by atoms with van der Waals surface area (Å²) in [6.07, 6.45) is 0. The van der Waals surface area contributed by atoms with Crippen LogP contribution in [-0.4, -0.2) is 36.2 Å². The predicted molar refractivity (Wildman–Crippen MR) is 136 cm³/mol. The number of carbonyl (C=O) groups is 3. The number of rotatable bonds is 8. The van der Waals surface area contributed by atoms with E-state index in [2.05, 4.69) is 16.0 Å². The second-order valence-corrected chi connectivity index (χ2v) is 8.47. The molecule has 35 heavy (non-hydrogen) atoms. The third-order valence-electron chi connectivity index (χ3n) is 5.45. The molecule has 0 spiro atoms. The standard InChI is InChI=1S/C27H29N3O5/c1-16(2)24(26(32)33)30-25(31)20-8-6-18(7-9-20)19-10-12-21(13-11-19)28-27(34)29-22-15-17(3)5-14-23(22)35-4/h5-16,24H,1-4H3,(H,30,31)(H,32,33)(H2,28,29,34)/t24-/m0/s1. The van der Waals surface area contributed by atoms with Crippen molar-refractivity contribution in [2.45, 2.75) is 26.8 Å². The zero-order valence-electron chi connectivity index (χ0n) is 20.1. The molecule has 0 aliphatic carbocycles. The van der Waals surface area contributed by atoms with Gasteiger partial charge >= 0.3 is 12.0 Å². The Bertz CT molecular complexity index is 1200. The summed E-state index contributed by atoms with van der Waals surface area (Å²) in [6, 6.07) is 18.3. The van der Waals surface area contributed by atoms with Gasteiger partial charge in [0.25, 0.3) is 5.91 Å². The van der Waals surface area contributed by atoms with Crippen LogP contribution < -0.4 is 20.7 Å². The minimum Gasteiger partial charge on any atom is -0.495 e. The number of urea groups is 1. The molecule has 8 heteroatoms. The van der Waals surface area contributed by atoms with Gasteiger partial charge in [-0.3, -0.25) is 4.79 Å². The first-order valence-electron chi connectivity index (χ1n) is 11.1. The lowest BCUT2D eigenvalue weighted by molar-refractivity contribution is -0.140. The van der Waals surface area contributed by atoms with Crippen LogP contribution in [0.15, 0.2) is 66.7 Å². The number of amides is 3. The average Bonchev–Trinajstić information content (AvgIpc) is 2.82. The molecule has 0 bridgehead atoms. The quantitative estimate of drug-likeness (QED) is 0.359. The van der Waals surface area contributed by atoms with Gasteiger partial charge in [0.15, 0.2) is 0 Å². The molecule has 0 radical (unpaired) electrons. The molecule has 1 atom stereocenters. The third-order valence-corrected chi connectivity index (χ3v) is 5.45. The Hall–Kier alpha value is -4.33. The van der Waals surface area contributed by atoms with E-state index in [0.717, 1.165) is 16.7 Å². The molecule has 182 valence electrons. The molecule has 0 aliphatic heterocycles. The Morgan fingerprint density at radius 2 is 1.46 bits per heavy atom. The zero-order chi connectivity index (χ0) is 25.5. The SMILES string of the molecule is COc1ccc(C)cc1NC(=O)Nc1ccc(-c2ccc(C(=O)N[C@H](C(=O)O)C(C)C)cc2)cc1. The van der Waals surface area contributed by atoms with Crippen molar-refractivity contribution in [2.24, 2.45) is 5.92 Å². The maximum absolute atomic E-state index is 12.4. The van der Waals surface area contributed by atoms with Crippen molar-refractivity contribution in [2.75, 3.05) is 17.7 Å². The minimum absolute atomic E-state index is 0.233. The normalized spacial score (nSPS) is 11.5. The Morgan fingerprint density at radius 3 is 2.00 bits per heavy atom. The molecule has 4 N–H and O–H groups in total. The van der Waals surface area contributed by atoms with Crippen LogP contribution in [0.2, 0.25) is 0 Å². The van der Waals surface area contributed by atoms with Crippen molar-refractivity contribution in [3.8, 4) is 16.9 Å². The molecule has 3 aromatic rings.